The number of hydroxylamine groups is 2. The predicted octanol–water partition coefficient (Wildman–Crippen LogP) is 0.134. The van der Waals surface area contributed by atoms with Gasteiger partial charge in [-0.15, -0.1) is 11.3 Å². The van der Waals surface area contributed by atoms with Gasteiger partial charge in [-0.05, 0) is 56.6 Å². The predicted molar refractivity (Wildman–Crippen MR) is 174 cm³/mol. The second-order valence-electron chi connectivity index (χ2n) is 11.8. The lowest BCUT2D eigenvalue weighted by molar-refractivity contribution is -0.679. The van der Waals surface area contributed by atoms with Gasteiger partial charge in [-0.1, -0.05) is 17.3 Å². The Morgan fingerprint density at radius 1 is 1.16 bits per heavy atom. The van der Waals surface area contributed by atoms with Crippen molar-refractivity contribution in [3.63, 3.8) is 0 Å². The number of Topliss-reactive ketones (excluding diaryl/α,β-unsaturated/α-hetero) is 1. The first-order chi connectivity index (χ1) is 23.0. The van der Waals surface area contributed by atoms with Crippen LogP contribution in [-0.4, -0.2) is 82.8 Å². The number of nitrogens with two attached hydrogens (primary N) is 3. The molecular weight excluding hydrogens is 683 g/mol. The molecule has 0 aliphatic carbocycles. The molecule has 1 amide bonds. The molecule has 7 N–H and O–H groups in total. The highest BCUT2D eigenvalue weighted by atomic mass is 32.3. The molecule has 2 aromatic heterocycles. The van der Waals surface area contributed by atoms with Crippen LogP contribution in [0.2, 0.25) is 0 Å². The summed E-state index contributed by atoms with van der Waals surface area (Å²) in [7, 11) is -3.30. The molecule has 19 heteroatoms. The Bertz CT molecular complexity index is 1830. The third kappa shape index (κ3) is 9.13. The maximum atomic E-state index is 13.3. The fraction of sp³-hybridized carbons (Fsp3) is 0.400. The summed E-state index contributed by atoms with van der Waals surface area (Å²) in [6, 6.07) is 11.0. The van der Waals surface area contributed by atoms with Gasteiger partial charge in [0.2, 0.25) is 10.4 Å². The van der Waals surface area contributed by atoms with Crippen molar-refractivity contribution in [1.82, 2.24) is 10.0 Å². The Hall–Kier alpha value is -4.53. The molecule has 4 rings (SSSR count). The molecule has 1 aromatic carbocycles. The van der Waals surface area contributed by atoms with Crippen LogP contribution in [0.3, 0.4) is 0 Å². The van der Waals surface area contributed by atoms with Gasteiger partial charge >= 0.3 is 5.97 Å². The molecule has 1 aliphatic heterocycles. The summed E-state index contributed by atoms with van der Waals surface area (Å²) in [5.41, 5.74) is 18.4. The van der Waals surface area contributed by atoms with Crippen molar-refractivity contribution >= 4 is 50.2 Å². The van der Waals surface area contributed by atoms with Gasteiger partial charge in [-0.3, -0.25) is 9.59 Å². The number of anilines is 1. The third-order valence-electron chi connectivity index (χ3n) is 8.00. The van der Waals surface area contributed by atoms with Crippen LogP contribution in [0.4, 0.5) is 5.13 Å². The lowest BCUT2D eigenvalue weighted by Crippen LogP contribution is -2.68. The van der Waals surface area contributed by atoms with Crippen LogP contribution >= 0.6 is 11.3 Å². The summed E-state index contributed by atoms with van der Waals surface area (Å²) in [5.74, 6) is -3.73. The normalized spacial score (nSPS) is 16.7. The molecule has 3 aromatic rings. The summed E-state index contributed by atoms with van der Waals surface area (Å²) >= 11 is 0.979. The number of amides is 1. The van der Waals surface area contributed by atoms with Crippen LogP contribution in [0.1, 0.15) is 31.7 Å². The summed E-state index contributed by atoms with van der Waals surface area (Å²) in [6.45, 7) is 3.30. The number of aryl methyl sites for hydroxylation is 1. The molecule has 49 heavy (non-hydrogen) atoms. The first-order valence-corrected chi connectivity index (χ1v) is 17.1. The molecule has 3 heterocycles. The van der Waals surface area contributed by atoms with Gasteiger partial charge in [0.1, 0.15) is 25.1 Å². The number of nitrogen functional groups attached to an aromatic ring is 1. The van der Waals surface area contributed by atoms with Crippen LogP contribution in [-0.2, 0) is 47.4 Å². The van der Waals surface area contributed by atoms with E-state index in [0.29, 0.717) is 23.9 Å². The van der Waals surface area contributed by atoms with Gasteiger partial charge in [0.15, 0.2) is 28.5 Å². The number of nitrogens with zero attached hydrogens (tertiary/aromatic N) is 4. The highest BCUT2D eigenvalue weighted by Crippen LogP contribution is 2.40. The Balaban J connectivity index is 1.44. The summed E-state index contributed by atoms with van der Waals surface area (Å²) < 4.78 is 44.9. The Morgan fingerprint density at radius 2 is 1.82 bits per heavy atom. The lowest BCUT2D eigenvalue weighted by Gasteiger charge is -2.51. The molecule has 1 fully saturated rings. The molecule has 1 unspecified atom stereocenters. The number of carbonyl (C=O) groups is 3. The minimum atomic E-state index is -5.24. The van der Waals surface area contributed by atoms with E-state index in [1.165, 1.54) is 19.2 Å². The summed E-state index contributed by atoms with van der Waals surface area (Å²) in [5, 5.41) is 15.4. The van der Waals surface area contributed by atoms with Gasteiger partial charge < -0.3 is 36.4 Å². The number of thiazole rings is 1. The van der Waals surface area contributed by atoms with Crippen LogP contribution < -0.4 is 26.5 Å². The van der Waals surface area contributed by atoms with Crippen molar-refractivity contribution in [1.29, 1.82) is 0 Å². The van der Waals surface area contributed by atoms with Crippen molar-refractivity contribution in [2.75, 3.05) is 25.4 Å². The first-order valence-electron chi connectivity index (χ1n) is 14.9. The summed E-state index contributed by atoms with van der Waals surface area (Å²) in [4.78, 5) is 47.2. The molecule has 17 nitrogen and oxygen atoms in total. The van der Waals surface area contributed by atoms with E-state index < -0.39 is 64.4 Å². The van der Waals surface area contributed by atoms with Crippen molar-refractivity contribution in [3.8, 4) is 16.9 Å². The van der Waals surface area contributed by atoms with E-state index in [1.807, 2.05) is 42.1 Å². The topological polar surface area (TPSA) is 267 Å². The van der Waals surface area contributed by atoms with Crippen LogP contribution in [0, 0.1) is 11.8 Å². The Labute approximate surface area is 286 Å². The minimum Gasteiger partial charge on any atom is -0.724 e. The van der Waals surface area contributed by atoms with Gasteiger partial charge in [0.25, 0.3) is 12.0 Å². The van der Waals surface area contributed by atoms with E-state index in [-0.39, 0.29) is 16.7 Å². The first kappa shape index (κ1) is 37.3. The zero-order valence-corrected chi connectivity index (χ0v) is 28.5. The highest BCUT2D eigenvalue weighted by molar-refractivity contribution is 7.80. The van der Waals surface area contributed by atoms with Gasteiger partial charge in [-0.25, -0.2) is 22.8 Å². The number of pyridine rings is 1. The number of ketones is 1. The highest BCUT2D eigenvalue weighted by Gasteiger charge is 2.57. The molecule has 0 saturated carbocycles. The molecule has 0 radical (unpaired) electrons. The van der Waals surface area contributed by atoms with Crippen molar-refractivity contribution in [2.24, 2.45) is 35.5 Å². The molecular formula is C30H37N7O10S2. The van der Waals surface area contributed by atoms with E-state index in [2.05, 4.69) is 14.4 Å². The second-order valence-corrected chi connectivity index (χ2v) is 13.6. The smallest absolute Gasteiger partial charge is 0.351 e. The van der Waals surface area contributed by atoms with Crippen molar-refractivity contribution in [3.05, 3.63) is 59.4 Å². The number of carbonyl (C=O) groups excluding carboxylic acids is 2. The van der Waals surface area contributed by atoms with E-state index in [1.54, 1.807) is 12.1 Å². The number of carboxylic acid groups (broad SMARTS) is 1. The van der Waals surface area contributed by atoms with Crippen LogP contribution in [0.5, 0.6) is 5.75 Å². The average Bonchev–Trinajstić information content (AvgIpc) is 3.48. The number of oxime groups is 1. The molecule has 0 spiro atoms. The molecule has 1 saturated heterocycles. The number of carboxylic acids is 1. The monoisotopic (exact) mass is 719 g/mol. The maximum absolute atomic E-state index is 13.3. The van der Waals surface area contributed by atoms with Crippen molar-refractivity contribution < 1.29 is 50.9 Å². The number of β-lactam (4-membered cyclic amide) rings is 1. The standard InChI is InChI=1S/C30H37N7O10S2/c1-30(2)22(27(39)37(30)47-49(42,43)44)11-24(38)26(23-16-48-29(33)34-23)35-46-25(28(40)41)15-45-21-8-5-18(6-9-21)19-4-7-20(36(3)14-19)10-17(12-31)13-32/h4-9,14,16-17,22,25H,10-13,15,31-32H2,1-3H3,(H3-,33,34,40,41,42,43,44)/b35-26-/t22-,25?/m1/s1. The Morgan fingerprint density at radius 3 is 2.35 bits per heavy atom. The Kier molecular flexibility index (Phi) is 11.7. The summed E-state index contributed by atoms with van der Waals surface area (Å²) in [6.07, 6.45) is 0.557. The van der Waals surface area contributed by atoms with E-state index in [4.69, 9.17) is 26.8 Å². The number of benzene rings is 1. The van der Waals surface area contributed by atoms with E-state index in [9.17, 15) is 32.5 Å². The number of hydrogen-bond donors (Lipinski definition) is 4. The quantitative estimate of drug-likeness (QED) is 0.0361. The van der Waals surface area contributed by atoms with Gasteiger partial charge in [0, 0.05) is 29.9 Å². The van der Waals surface area contributed by atoms with E-state index >= 15 is 0 Å². The van der Waals surface area contributed by atoms with E-state index in [0.717, 1.165) is 34.6 Å². The molecule has 1 aliphatic rings. The number of rotatable bonds is 17. The molecule has 0 bridgehead atoms. The SMILES string of the molecule is C[n+]1cc(-c2ccc(OCC(O/N=C(\C(=O)C[C@@H]3C(=O)N(OS(=O)(=O)[O-])C3(C)C)c3csc(N)n3)C(=O)O)cc2)ccc1CC(CN)CN. The van der Waals surface area contributed by atoms with Crippen LogP contribution in [0.25, 0.3) is 11.1 Å². The zero-order valence-electron chi connectivity index (χ0n) is 26.8. The van der Waals surface area contributed by atoms with Gasteiger partial charge in [0.05, 0.1) is 11.5 Å². The minimum absolute atomic E-state index is 0.0343. The van der Waals surface area contributed by atoms with Crippen molar-refractivity contribution in [2.45, 2.75) is 38.3 Å². The fourth-order valence-electron chi connectivity index (χ4n) is 5.04. The third-order valence-corrected chi connectivity index (χ3v) is 9.01. The maximum Gasteiger partial charge on any atom is 0.351 e. The molecule has 264 valence electrons. The number of hydrogen-bond acceptors (Lipinski definition) is 15. The number of ether oxygens (including phenoxy) is 1. The van der Waals surface area contributed by atoms with Crippen LogP contribution in [0.15, 0.2) is 53.1 Å². The lowest BCUT2D eigenvalue weighted by atomic mass is 9.74. The number of aromatic nitrogens is 2. The fourth-order valence-corrected chi connectivity index (χ4v) is 6.04. The molecule has 2 atom stereocenters. The largest absolute Gasteiger partial charge is 0.724 e. The average molecular weight is 720 g/mol. The zero-order chi connectivity index (χ0) is 36.1. The van der Waals surface area contributed by atoms with Gasteiger partial charge in [-0.2, -0.15) is 9.35 Å². The second kappa shape index (κ2) is 15.3. The number of aliphatic carboxylic acids is 1.